The standard InChI is InChI=1S/C24H27N3O/c1-17-6-4-7-21(14-17)22-8-5-13-27(16-22)24(28)20-11-9-19(10-12-20)23-15-25-26(3)18(23)2/h4,6-7,9-12,14-15,22H,5,8,13,16H2,1-3H3/t22-/m0/s1. The number of rotatable bonds is 3. The van der Waals surface area contributed by atoms with E-state index in [2.05, 4.69) is 43.2 Å². The molecule has 0 saturated carbocycles. The lowest BCUT2D eigenvalue weighted by Gasteiger charge is -2.33. The summed E-state index contributed by atoms with van der Waals surface area (Å²) in [6.07, 6.45) is 4.08. The predicted molar refractivity (Wildman–Crippen MR) is 112 cm³/mol. The SMILES string of the molecule is Cc1cccc([C@H]2CCCN(C(=O)c3ccc(-c4cnn(C)c4C)cc3)C2)c1. The third kappa shape index (κ3) is 3.59. The number of carbonyl (C=O) groups is 1. The van der Waals surface area contributed by atoms with E-state index in [1.165, 1.54) is 11.1 Å². The molecule has 28 heavy (non-hydrogen) atoms. The molecular weight excluding hydrogens is 346 g/mol. The summed E-state index contributed by atoms with van der Waals surface area (Å²) in [6, 6.07) is 16.6. The highest BCUT2D eigenvalue weighted by molar-refractivity contribution is 5.94. The second-order valence-corrected chi connectivity index (χ2v) is 7.85. The lowest BCUT2D eigenvalue weighted by Crippen LogP contribution is -2.39. The highest BCUT2D eigenvalue weighted by Crippen LogP contribution is 2.29. The molecule has 3 aromatic rings. The number of aromatic nitrogens is 2. The van der Waals surface area contributed by atoms with Gasteiger partial charge in [-0.2, -0.15) is 5.10 Å². The largest absolute Gasteiger partial charge is 0.338 e. The topological polar surface area (TPSA) is 38.1 Å². The maximum absolute atomic E-state index is 13.1. The van der Waals surface area contributed by atoms with Crippen molar-refractivity contribution in [2.45, 2.75) is 32.6 Å². The van der Waals surface area contributed by atoms with Crippen molar-refractivity contribution in [2.75, 3.05) is 13.1 Å². The Morgan fingerprint density at radius 2 is 1.89 bits per heavy atom. The summed E-state index contributed by atoms with van der Waals surface area (Å²) in [6.45, 7) is 5.82. The molecule has 0 unspecified atom stereocenters. The van der Waals surface area contributed by atoms with Gasteiger partial charge in [-0.1, -0.05) is 42.0 Å². The third-order valence-electron chi connectivity index (χ3n) is 5.90. The number of carbonyl (C=O) groups excluding carboxylic acids is 1. The summed E-state index contributed by atoms with van der Waals surface area (Å²) in [5.41, 5.74) is 6.71. The molecule has 144 valence electrons. The molecule has 4 heteroatoms. The van der Waals surface area contributed by atoms with Crippen molar-refractivity contribution in [3.8, 4) is 11.1 Å². The predicted octanol–water partition coefficient (Wildman–Crippen LogP) is 4.72. The Kier molecular flexibility index (Phi) is 5.03. The molecule has 1 amide bonds. The van der Waals surface area contributed by atoms with Crippen LogP contribution in [-0.2, 0) is 7.05 Å². The van der Waals surface area contributed by atoms with E-state index in [-0.39, 0.29) is 5.91 Å². The van der Waals surface area contributed by atoms with Crippen LogP contribution in [-0.4, -0.2) is 33.7 Å². The van der Waals surface area contributed by atoms with Crippen LogP contribution < -0.4 is 0 Å². The molecule has 1 aliphatic heterocycles. The first-order chi connectivity index (χ1) is 13.5. The maximum atomic E-state index is 13.1. The van der Waals surface area contributed by atoms with Gasteiger partial charge >= 0.3 is 0 Å². The lowest BCUT2D eigenvalue weighted by molar-refractivity contribution is 0.0707. The summed E-state index contributed by atoms with van der Waals surface area (Å²) in [5, 5.41) is 4.31. The minimum atomic E-state index is 0.131. The van der Waals surface area contributed by atoms with Gasteiger partial charge in [-0.15, -0.1) is 0 Å². The number of nitrogens with zero attached hydrogens (tertiary/aromatic N) is 3. The average Bonchev–Trinajstić information content (AvgIpc) is 3.06. The smallest absolute Gasteiger partial charge is 0.253 e. The Morgan fingerprint density at radius 3 is 2.57 bits per heavy atom. The van der Waals surface area contributed by atoms with Crippen molar-refractivity contribution < 1.29 is 4.79 Å². The molecule has 1 aliphatic rings. The molecule has 0 aliphatic carbocycles. The number of amides is 1. The molecule has 1 saturated heterocycles. The number of benzene rings is 2. The van der Waals surface area contributed by atoms with Gasteiger partial charge in [0, 0.05) is 42.9 Å². The quantitative estimate of drug-likeness (QED) is 0.666. The van der Waals surface area contributed by atoms with Crippen molar-refractivity contribution in [3.63, 3.8) is 0 Å². The van der Waals surface area contributed by atoms with Gasteiger partial charge in [0.1, 0.15) is 0 Å². The first kappa shape index (κ1) is 18.5. The zero-order chi connectivity index (χ0) is 19.7. The summed E-state index contributed by atoms with van der Waals surface area (Å²) in [5.74, 6) is 0.557. The van der Waals surface area contributed by atoms with E-state index >= 15 is 0 Å². The molecule has 1 atom stereocenters. The van der Waals surface area contributed by atoms with Crippen LogP contribution in [0.2, 0.25) is 0 Å². The zero-order valence-electron chi connectivity index (χ0n) is 16.9. The number of hydrogen-bond acceptors (Lipinski definition) is 2. The highest BCUT2D eigenvalue weighted by Gasteiger charge is 2.25. The van der Waals surface area contributed by atoms with Gasteiger partial charge in [-0.05, 0) is 49.9 Å². The van der Waals surface area contributed by atoms with Crippen LogP contribution in [0.1, 0.15) is 45.9 Å². The average molecular weight is 374 g/mol. The van der Waals surface area contributed by atoms with E-state index in [0.29, 0.717) is 5.92 Å². The summed E-state index contributed by atoms with van der Waals surface area (Å²) >= 11 is 0. The first-order valence-electron chi connectivity index (χ1n) is 9.98. The van der Waals surface area contributed by atoms with E-state index in [1.807, 2.05) is 47.1 Å². The van der Waals surface area contributed by atoms with E-state index in [1.54, 1.807) is 0 Å². The van der Waals surface area contributed by atoms with Gasteiger partial charge in [-0.3, -0.25) is 9.48 Å². The molecular formula is C24H27N3O. The second kappa shape index (κ2) is 7.63. The van der Waals surface area contributed by atoms with Crippen LogP contribution in [0.15, 0.2) is 54.7 Å². The van der Waals surface area contributed by atoms with Crippen molar-refractivity contribution in [3.05, 3.63) is 77.1 Å². The van der Waals surface area contributed by atoms with Crippen LogP contribution >= 0.6 is 0 Å². The Balaban J connectivity index is 1.50. The van der Waals surface area contributed by atoms with Gasteiger partial charge in [0.25, 0.3) is 5.91 Å². The van der Waals surface area contributed by atoms with Crippen LogP contribution in [0.4, 0.5) is 0 Å². The van der Waals surface area contributed by atoms with Crippen LogP contribution in [0.5, 0.6) is 0 Å². The van der Waals surface area contributed by atoms with Crippen LogP contribution in [0.25, 0.3) is 11.1 Å². The molecule has 0 spiro atoms. The Labute approximate surface area is 166 Å². The summed E-state index contributed by atoms with van der Waals surface area (Å²) in [7, 11) is 1.94. The molecule has 4 nitrogen and oxygen atoms in total. The molecule has 0 radical (unpaired) electrons. The molecule has 1 aromatic heterocycles. The fraction of sp³-hybridized carbons (Fsp3) is 0.333. The van der Waals surface area contributed by atoms with Gasteiger partial charge < -0.3 is 4.90 Å². The van der Waals surface area contributed by atoms with Crippen molar-refractivity contribution in [1.82, 2.24) is 14.7 Å². The van der Waals surface area contributed by atoms with Gasteiger partial charge in [0.15, 0.2) is 0 Å². The van der Waals surface area contributed by atoms with E-state index in [4.69, 9.17) is 0 Å². The molecule has 0 bridgehead atoms. The van der Waals surface area contributed by atoms with E-state index < -0.39 is 0 Å². The normalized spacial score (nSPS) is 17.0. The lowest BCUT2D eigenvalue weighted by atomic mass is 9.89. The summed E-state index contributed by atoms with van der Waals surface area (Å²) in [4.78, 5) is 15.1. The number of piperidine rings is 1. The van der Waals surface area contributed by atoms with Crippen molar-refractivity contribution in [1.29, 1.82) is 0 Å². The first-order valence-corrected chi connectivity index (χ1v) is 9.98. The molecule has 2 heterocycles. The Bertz CT molecular complexity index is 987. The molecule has 1 fully saturated rings. The third-order valence-corrected chi connectivity index (χ3v) is 5.90. The molecule has 4 rings (SSSR count). The van der Waals surface area contributed by atoms with Gasteiger partial charge in [0.2, 0.25) is 0 Å². The number of aryl methyl sites for hydroxylation is 2. The van der Waals surface area contributed by atoms with E-state index in [0.717, 1.165) is 48.3 Å². The summed E-state index contributed by atoms with van der Waals surface area (Å²) < 4.78 is 1.87. The molecule has 2 aromatic carbocycles. The van der Waals surface area contributed by atoms with Crippen molar-refractivity contribution >= 4 is 5.91 Å². The fourth-order valence-corrected chi connectivity index (χ4v) is 4.11. The highest BCUT2D eigenvalue weighted by atomic mass is 16.2. The van der Waals surface area contributed by atoms with Crippen molar-refractivity contribution in [2.24, 2.45) is 7.05 Å². The number of likely N-dealkylation sites (tertiary alicyclic amines) is 1. The minimum Gasteiger partial charge on any atom is -0.338 e. The second-order valence-electron chi connectivity index (χ2n) is 7.85. The van der Waals surface area contributed by atoms with E-state index in [9.17, 15) is 4.79 Å². The van der Waals surface area contributed by atoms with Crippen LogP contribution in [0, 0.1) is 13.8 Å². The molecule has 0 N–H and O–H groups in total. The maximum Gasteiger partial charge on any atom is 0.253 e. The van der Waals surface area contributed by atoms with Gasteiger partial charge in [-0.25, -0.2) is 0 Å². The Morgan fingerprint density at radius 1 is 1.11 bits per heavy atom. The zero-order valence-corrected chi connectivity index (χ0v) is 16.9. The Hall–Kier alpha value is -2.88. The monoisotopic (exact) mass is 373 g/mol. The van der Waals surface area contributed by atoms with Gasteiger partial charge in [0.05, 0.1) is 6.20 Å². The fourth-order valence-electron chi connectivity index (χ4n) is 4.11. The van der Waals surface area contributed by atoms with Crippen LogP contribution in [0.3, 0.4) is 0 Å². The number of hydrogen-bond donors (Lipinski definition) is 0. The minimum absolute atomic E-state index is 0.131.